The molecule has 2 N–H and O–H groups in total. The van der Waals surface area contributed by atoms with Crippen LogP contribution in [0.4, 0.5) is 0 Å². The number of rotatable bonds is 4. The van der Waals surface area contributed by atoms with Gasteiger partial charge in [-0.05, 0) is 18.6 Å². The predicted octanol–water partition coefficient (Wildman–Crippen LogP) is 1.09. The van der Waals surface area contributed by atoms with Gasteiger partial charge >= 0.3 is 0 Å². The smallest absolute Gasteiger partial charge is 0.251 e. The number of nitrogens with one attached hydrogen (secondary N) is 2. The van der Waals surface area contributed by atoms with Gasteiger partial charge in [0.25, 0.3) is 5.91 Å². The molecule has 0 aliphatic rings. The monoisotopic (exact) mass is 230 g/mol. The fourth-order valence-corrected chi connectivity index (χ4v) is 1.57. The molecule has 0 bridgehead atoms. The molecule has 2 rings (SSSR count). The van der Waals surface area contributed by atoms with Crippen LogP contribution in [0, 0.1) is 6.92 Å². The van der Waals surface area contributed by atoms with Crippen molar-refractivity contribution in [2.24, 2.45) is 0 Å². The lowest BCUT2D eigenvalue weighted by molar-refractivity contribution is 0.0953. The molecule has 1 aromatic heterocycles. The number of benzene rings is 1. The van der Waals surface area contributed by atoms with Crippen LogP contribution in [0.15, 0.2) is 30.6 Å². The Morgan fingerprint density at radius 1 is 1.41 bits per heavy atom. The molecule has 17 heavy (non-hydrogen) atoms. The number of nitrogens with zero attached hydrogens (tertiary/aromatic N) is 2. The molecule has 88 valence electrons. The minimum Gasteiger partial charge on any atom is -0.352 e. The second-order valence-corrected chi connectivity index (χ2v) is 3.75. The summed E-state index contributed by atoms with van der Waals surface area (Å²) in [5.41, 5.74) is 1.69. The summed E-state index contributed by atoms with van der Waals surface area (Å²) in [5.74, 6) is 0.720. The van der Waals surface area contributed by atoms with Gasteiger partial charge in [0.05, 0.1) is 0 Å². The summed E-state index contributed by atoms with van der Waals surface area (Å²) >= 11 is 0. The summed E-state index contributed by atoms with van der Waals surface area (Å²) in [7, 11) is 0. The molecule has 2 aromatic rings. The van der Waals surface area contributed by atoms with Gasteiger partial charge < -0.3 is 5.32 Å². The predicted molar refractivity (Wildman–Crippen MR) is 63.6 cm³/mol. The van der Waals surface area contributed by atoms with Crippen molar-refractivity contribution >= 4 is 5.91 Å². The van der Waals surface area contributed by atoms with Crippen molar-refractivity contribution in [3.63, 3.8) is 0 Å². The normalized spacial score (nSPS) is 10.2. The van der Waals surface area contributed by atoms with Crippen molar-refractivity contribution in [2.45, 2.75) is 13.3 Å². The van der Waals surface area contributed by atoms with Crippen molar-refractivity contribution in [1.82, 2.24) is 20.5 Å². The molecule has 1 aromatic carbocycles. The van der Waals surface area contributed by atoms with Gasteiger partial charge in [0, 0.05) is 18.5 Å². The molecule has 0 saturated heterocycles. The van der Waals surface area contributed by atoms with Crippen LogP contribution in [0.5, 0.6) is 0 Å². The fraction of sp³-hybridized carbons (Fsp3) is 0.250. The molecule has 0 fully saturated rings. The Kier molecular flexibility index (Phi) is 3.49. The number of aryl methyl sites for hydroxylation is 1. The Hall–Kier alpha value is -2.17. The maximum Gasteiger partial charge on any atom is 0.251 e. The molecule has 0 aliphatic carbocycles. The molecular weight excluding hydrogens is 216 g/mol. The lowest BCUT2D eigenvalue weighted by Gasteiger charge is -2.06. The van der Waals surface area contributed by atoms with Crippen LogP contribution in [-0.4, -0.2) is 27.6 Å². The maximum atomic E-state index is 11.8. The lowest BCUT2D eigenvalue weighted by Crippen LogP contribution is -2.26. The minimum atomic E-state index is -0.0531. The zero-order chi connectivity index (χ0) is 12.1. The lowest BCUT2D eigenvalue weighted by atomic mass is 10.1. The topological polar surface area (TPSA) is 70.7 Å². The van der Waals surface area contributed by atoms with Crippen LogP contribution >= 0.6 is 0 Å². The van der Waals surface area contributed by atoms with E-state index in [-0.39, 0.29) is 5.91 Å². The van der Waals surface area contributed by atoms with Gasteiger partial charge in [-0.25, -0.2) is 4.98 Å². The first kappa shape index (κ1) is 11.3. The molecule has 1 heterocycles. The quantitative estimate of drug-likeness (QED) is 0.825. The van der Waals surface area contributed by atoms with E-state index in [4.69, 9.17) is 0 Å². The highest BCUT2D eigenvalue weighted by atomic mass is 16.1. The van der Waals surface area contributed by atoms with E-state index >= 15 is 0 Å². The molecule has 0 radical (unpaired) electrons. The number of carbonyl (C=O) groups is 1. The minimum absolute atomic E-state index is 0.0531. The van der Waals surface area contributed by atoms with Crippen molar-refractivity contribution in [3.05, 3.63) is 47.5 Å². The standard InChI is InChI=1S/C12H14N4O/c1-9-4-2-3-5-10(9)12(17)13-7-6-11-14-8-15-16-11/h2-5,8H,6-7H2,1H3,(H,13,17)(H,14,15,16). The van der Waals surface area contributed by atoms with Crippen LogP contribution in [0.2, 0.25) is 0 Å². The number of H-pyrrole nitrogens is 1. The fourth-order valence-electron chi connectivity index (χ4n) is 1.57. The van der Waals surface area contributed by atoms with Crippen LogP contribution in [0.3, 0.4) is 0 Å². The molecule has 0 atom stereocenters. The molecule has 0 saturated carbocycles. The largest absolute Gasteiger partial charge is 0.352 e. The van der Waals surface area contributed by atoms with Crippen molar-refractivity contribution in [2.75, 3.05) is 6.54 Å². The Bertz CT molecular complexity index is 493. The van der Waals surface area contributed by atoms with Gasteiger partial charge in [-0.2, -0.15) is 5.10 Å². The van der Waals surface area contributed by atoms with Gasteiger partial charge in [-0.15, -0.1) is 0 Å². The first-order valence-corrected chi connectivity index (χ1v) is 5.45. The average molecular weight is 230 g/mol. The van der Waals surface area contributed by atoms with E-state index in [9.17, 15) is 4.79 Å². The molecule has 1 amide bonds. The van der Waals surface area contributed by atoms with Gasteiger partial charge in [0.1, 0.15) is 12.2 Å². The van der Waals surface area contributed by atoms with E-state index in [0.717, 1.165) is 11.4 Å². The zero-order valence-corrected chi connectivity index (χ0v) is 9.60. The molecule has 5 nitrogen and oxygen atoms in total. The van der Waals surface area contributed by atoms with Crippen LogP contribution in [0.25, 0.3) is 0 Å². The van der Waals surface area contributed by atoms with Crippen LogP contribution < -0.4 is 5.32 Å². The van der Waals surface area contributed by atoms with Crippen molar-refractivity contribution in [3.8, 4) is 0 Å². The third-order valence-electron chi connectivity index (χ3n) is 2.50. The second-order valence-electron chi connectivity index (χ2n) is 3.75. The third-order valence-corrected chi connectivity index (χ3v) is 2.50. The average Bonchev–Trinajstić information content (AvgIpc) is 2.82. The second kappa shape index (κ2) is 5.25. The number of aromatic amines is 1. The number of hydrogen-bond donors (Lipinski definition) is 2. The number of aromatic nitrogens is 3. The molecule has 0 aliphatic heterocycles. The van der Waals surface area contributed by atoms with Gasteiger partial charge in [0.15, 0.2) is 0 Å². The zero-order valence-electron chi connectivity index (χ0n) is 9.60. The van der Waals surface area contributed by atoms with Gasteiger partial charge in [-0.3, -0.25) is 9.89 Å². The SMILES string of the molecule is Cc1ccccc1C(=O)NCCc1ncn[nH]1. The van der Waals surface area contributed by atoms with E-state index in [0.29, 0.717) is 18.5 Å². The molecule has 0 unspecified atom stereocenters. The Morgan fingerprint density at radius 3 is 2.94 bits per heavy atom. The van der Waals surface area contributed by atoms with E-state index in [1.807, 2.05) is 31.2 Å². The Labute approximate surface area is 99.3 Å². The summed E-state index contributed by atoms with van der Waals surface area (Å²) in [5, 5.41) is 9.34. The summed E-state index contributed by atoms with van der Waals surface area (Å²) in [6.07, 6.45) is 2.11. The molecule has 0 spiro atoms. The van der Waals surface area contributed by atoms with E-state index in [2.05, 4.69) is 20.5 Å². The summed E-state index contributed by atoms with van der Waals surface area (Å²) in [4.78, 5) is 15.8. The highest BCUT2D eigenvalue weighted by Crippen LogP contribution is 2.06. The summed E-state index contributed by atoms with van der Waals surface area (Å²) in [6.45, 7) is 2.47. The highest BCUT2D eigenvalue weighted by molar-refractivity contribution is 5.95. The summed E-state index contributed by atoms with van der Waals surface area (Å²) in [6, 6.07) is 7.52. The van der Waals surface area contributed by atoms with Crippen LogP contribution in [-0.2, 0) is 6.42 Å². The third kappa shape index (κ3) is 2.90. The van der Waals surface area contributed by atoms with Crippen LogP contribution in [0.1, 0.15) is 21.7 Å². The highest BCUT2D eigenvalue weighted by Gasteiger charge is 2.07. The van der Waals surface area contributed by atoms with E-state index in [1.54, 1.807) is 0 Å². The number of amides is 1. The molecular formula is C12H14N4O. The summed E-state index contributed by atoms with van der Waals surface area (Å²) < 4.78 is 0. The van der Waals surface area contributed by atoms with E-state index < -0.39 is 0 Å². The van der Waals surface area contributed by atoms with Crippen molar-refractivity contribution < 1.29 is 4.79 Å². The van der Waals surface area contributed by atoms with E-state index in [1.165, 1.54) is 6.33 Å². The van der Waals surface area contributed by atoms with Gasteiger partial charge in [-0.1, -0.05) is 18.2 Å². The Morgan fingerprint density at radius 2 is 2.24 bits per heavy atom. The first-order valence-electron chi connectivity index (χ1n) is 5.45. The Balaban J connectivity index is 1.88. The first-order chi connectivity index (χ1) is 8.27. The number of carbonyl (C=O) groups excluding carboxylic acids is 1. The maximum absolute atomic E-state index is 11.8. The van der Waals surface area contributed by atoms with Crippen molar-refractivity contribution in [1.29, 1.82) is 0 Å². The van der Waals surface area contributed by atoms with Gasteiger partial charge in [0.2, 0.25) is 0 Å². The number of hydrogen-bond acceptors (Lipinski definition) is 3. The molecule has 5 heteroatoms.